The van der Waals surface area contributed by atoms with Crippen LogP contribution in [-0.4, -0.2) is 24.4 Å². The van der Waals surface area contributed by atoms with Crippen molar-refractivity contribution in [2.45, 2.75) is 18.2 Å². The van der Waals surface area contributed by atoms with Crippen LogP contribution >= 0.6 is 0 Å². The molecular weight excluding hydrogens is 422 g/mol. The summed E-state index contributed by atoms with van der Waals surface area (Å²) in [6, 6.07) is 15.9. The number of nitro benzene ring substituents is 1. The fraction of sp³-hybridized carbons (Fsp3) is 0.0952. The van der Waals surface area contributed by atoms with Crippen LogP contribution in [0.3, 0.4) is 0 Å². The van der Waals surface area contributed by atoms with Gasteiger partial charge in [-0.3, -0.25) is 19.6 Å². The summed E-state index contributed by atoms with van der Waals surface area (Å²) in [4.78, 5) is 22.0. The minimum absolute atomic E-state index is 0.166. The third-order valence-electron chi connectivity index (χ3n) is 4.47. The smallest absolute Gasteiger partial charge is 0.312 e. The van der Waals surface area contributed by atoms with Crippen molar-refractivity contribution in [3.05, 3.63) is 88.0 Å². The lowest BCUT2D eigenvalue weighted by molar-refractivity contribution is -0.386. The van der Waals surface area contributed by atoms with Gasteiger partial charge in [0.1, 0.15) is 0 Å². The number of phenols is 1. The number of nitro groups is 1. The van der Waals surface area contributed by atoms with Crippen LogP contribution in [0.15, 0.2) is 71.6 Å². The molecule has 0 spiro atoms. The molecule has 0 heterocycles. The Labute approximate surface area is 178 Å². The van der Waals surface area contributed by atoms with Crippen LogP contribution in [0.1, 0.15) is 22.8 Å². The lowest BCUT2D eigenvalue weighted by Gasteiger charge is -2.10. The first kappa shape index (κ1) is 21.8. The minimum atomic E-state index is -4.14. The number of phenolic OH excluding ortho intramolecular Hbond substituents is 1. The number of sulfonamides is 1. The molecule has 0 radical (unpaired) electrons. The van der Waals surface area contributed by atoms with Crippen molar-refractivity contribution in [2.24, 2.45) is 0 Å². The summed E-state index contributed by atoms with van der Waals surface area (Å²) < 4.78 is 27.3. The number of aryl methyl sites for hydroxylation is 1. The quantitative estimate of drug-likeness (QED) is 0.375. The number of rotatable bonds is 7. The van der Waals surface area contributed by atoms with E-state index in [1.165, 1.54) is 24.3 Å². The molecule has 0 unspecified atom stereocenters. The first-order valence-corrected chi connectivity index (χ1v) is 10.7. The van der Waals surface area contributed by atoms with Crippen molar-refractivity contribution >= 4 is 33.0 Å². The van der Waals surface area contributed by atoms with Crippen LogP contribution < -0.4 is 10.0 Å². The standard InChI is InChI=1S/C21H19N3O6S/c1-2-14-3-7-16(8-4-14)22-21(26)15-5-9-17(10-6-15)23-31(29,30)18-11-12-20(25)19(13-18)24(27)28/h3-13,23,25H,2H2,1H3,(H,22,26). The van der Waals surface area contributed by atoms with Crippen molar-refractivity contribution in [3.8, 4) is 5.75 Å². The minimum Gasteiger partial charge on any atom is -0.502 e. The molecule has 0 fully saturated rings. The van der Waals surface area contributed by atoms with E-state index in [2.05, 4.69) is 10.0 Å². The number of nitrogens with zero attached hydrogens (tertiary/aromatic N) is 1. The highest BCUT2D eigenvalue weighted by molar-refractivity contribution is 7.92. The molecule has 0 aromatic heterocycles. The fourth-order valence-electron chi connectivity index (χ4n) is 2.75. The Morgan fingerprint density at radius 2 is 1.61 bits per heavy atom. The second-order valence-electron chi connectivity index (χ2n) is 6.60. The summed E-state index contributed by atoms with van der Waals surface area (Å²) in [5.74, 6) is -0.989. The van der Waals surface area contributed by atoms with Gasteiger partial charge in [-0.2, -0.15) is 0 Å². The van der Waals surface area contributed by atoms with Gasteiger partial charge in [-0.25, -0.2) is 8.42 Å². The zero-order valence-electron chi connectivity index (χ0n) is 16.4. The summed E-state index contributed by atoms with van der Waals surface area (Å²) in [7, 11) is -4.14. The first-order chi connectivity index (χ1) is 14.7. The molecule has 160 valence electrons. The topological polar surface area (TPSA) is 139 Å². The van der Waals surface area contributed by atoms with Gasteiger partial charge < -0.3 is 10.4 Å². The number of nitrogens with one attached hydrogen (secondary N) is 2. The molecule has 0 aliphatic heterocycles. The highest BCUT2D eigenvalue weighted by Crippen LogP contribution is 2.29. The molecule has 0 aliphatic rings. The van der Waals surface area contributed by atoms with E-state index in [0.717, 1.165) is 30.2 Å². The Hall–Kier alpha value is -3.92. The Morgan fingerprint density at radius 1 is 1.00 bits per heavy atom. The Morgan fingerprint density at radius 3 is 2.19 bits per heavy atom. The second-order valence-corrected chi connectivity index (χ2v) is 8.28. The average molecular weight is 441 g/mol. The Bertz CT molecular complexity index is 1220. The number of benzene rings is 3. The maximum Gasteiger partial charge on any atom is 0.312 e. The number of anilines is 2. The molecule has 0 aliphatic carbocycles. The maximum atomic E-state index is 12.5. The van der Waals surface area contributed by atoms with Crippen LogP contribution in [0.25, 0.3) is 0 Å². The number of amides is 1. The van der Waals surface area contributed by atoms with E-state index in [-0.39, 0.29) is 16.5 Å². The Balaban J connectivity index is 1.73. The van der Waals surface area contributed by atoms with Gasteiger partial charge in [-0.1, -0.05) is 19.1 Å². The largest absolute Gasteiger partial charge is 0.502 e. The van der Waals surface area contributed by atoms with E-state index in [4.69, 9.17) is 0 Å². The van der Waals surface area contributed by atoms with Crippen LogP contribution in [-0.2, 0) is 16.4 Å². The molecule has 3 aromatic rings. The molecular formula is C21H19N3O6S. The van der Waals surface area contributed by atoms with E-state index >= 15 is 0 Å². The van der Waals surface area contributed by atoms with E-state index < -0.39 is 26.4 Å². The van der Waals surface area contributed by atoms with Crippen LogP contribution in [0.5, 0.6) is 5.75 Å². The van der Waals surface area contributed by atoms with Crippen LogP contribution in [0.4, 0.5) is 17.1 Å². The zero-order chi connectivity index (χ0) is 22.6. The number of aromatic hydroxyl groups is 1. The summed E-state index contributed by atoms with van der Waals surface area (Å²) in [6.45, 7) is 2.03. The fourth-order valence-corrected chi connectivity index (χ4v) is 3.83. The third-order valence-corrected chi connectivity index (χ3v) is 5.85. The maximum absolute atomic E-state index is 12.5. The molecule has 3 N–H and O–H groups in total. The van der Waals surface area contributed by atoms with Crippen molar-refractivity contribution in [3.63, 3.8) is 0 Å². The molecule has 0 bridgehead atoms. The van der Waals surface area contributed by atoms with Gasteiger partial charge in [-0.05, 0) is 60.5 Å². The summed E-state index contributed by atoms with van der Waals surface area (Å²) >= 11 is 0. The first-order valence-electron chi connectivity index (χ1n) is 9.20. The van der Waals surface area contributed by atoms with Crippen LogP contribution in [0, 0.1) is 10.1 Å². The van der Waals surface area contributed by atoms with Gasteiger partial charge in [0.15, 0.2) is 5.75 Å². The SMILES string of the molecule is CCc1ccc(NC(=O)c2ccc(NS(=O)(=O)c3ccc(O)c([N+](=O)[O-])c3)cc2)cc1. The molecule has 1 amide bonds. The predicted molar refractivity (Wildman–Crippen MR) is 116 cm³/mol. The number of carbonyl (C=O) groups excluding carboxylic acids is 1. The number of carbonyl (C=O) groups is 1. The van der Waals surface area contributed by atoms with Crippen molar-refractivity contribution in [2.75, 3.05) is 10.0 Å². The summed E-state index contributed by atoms with van der Waals surface area (Å²) in [5, 5.41) is 23.2. The molecule has 3 rings (SSSR count). The van der Waals surface area contributed by atoms with Crippen molar-refractivity contribution in [1.29, 1.82) is 0 Å². The Kier molecular flexibility index (Phi) is 6.21. The van der Waals surface area contributed by atoms with Gasteiger partial charge >= 0.3 is 5.69 Å². The normalized spacial score (nSPS) is 11.0. The number of hydrogen-bond acceptors (Lipinski definition) is 6. The summed E-state index contributed by atoms with van der Waals surface area (Å²) in [6.07, 6.45) is 0.892. The summed E-state index contributed by atoms with van der Waals surface area (Å²) in [5.41, 5.74) is 1.55. The van der Waals surface area contributed by atoms with E-state index in [1.54, 1.807) is 12.1 Å². The van der Waals surface area contributed by atoms with Crippen LogP contribution in [0.2, 0.25) is 0 Å². The van der Waals surface area contributed by atoms with Gasteiger partial charge in [0.2, 0.25) is 0 Å². The van der Waals surface area contributed by atoms with E-state index in [0.29, 0.717) is 11.3 Å². The molecule has 3 aromatic carbocycles. The molecule has 0 saturated carbocycles. The van der Waals surface area contributed by atoms with Gasteiger partial charge in [0.05, 0.1) is 9.82 Å². The van der Waals surface area contributed by atoms with Gasteiger partial charge in [0.25, 0.3) is 15.9 Å². The third kappa shape index (κ3) is 5.17. The average Bonchev–Trinajstić information content (AvgIpc) is 2.74. The van der Waals surface area contributed by atoms with E-state index in [9.17, 15) is 28.4 Å². The number of hydrogen-bond donors (Lipinski definition) is 3. The van der Waals surface area contributed by atoms with Crippen molar-refractivity contribution in [1.82, 2.24) is 0 Å². The monoisotopic (exact) mass is 441 g/mol. The highest BCUT2D eigenvalue weighted by atomic mass is 32.2. The molecule has 0 atom stereocenters. The lowest BCUT2D eigenvalue weighted by Crippen LogP contribution is -2.14. The lowest BCUT2D eigenvalue weighted by atomic mass is 10.1. The highest BCUT2D eigenvalue weighted by Gasteiger charge is 2.21. The van der Waals surface area contributed by atoms with Gasteiger partial charge in [0, 0.05) is 23.0 Å². The molecule has 0 saturated heterocycles. The predicted octanol–water partition coefficient (Wildman–Crippen LogP) is 3.92. The van der Waals surface area contributed by atoms with Gasteiger partial charge in [-0.15, -0.1) is 0 Å². The van der Waals surface area contributed by atoms with Crippen molar-refractivity contribution < 1.29 is 23.2 Å². The van der Waals surface area contributed by atoms with E-state index in [1.807, 2.05) is 19.1 Å². The second kappa shape index (κ2) is 8.84. The zero-order valence-corrected chi connectivity index (χ0v) is 17.2. The molecule has 9 nitrogen and oxygen atoms in total. The molecule has 31 heavy (non-hydrogen) atoms. The molecule has 10 heteroatoms.